The van der Waals surface area contributed by atoms with Crippen molar-refractivity contribution in [2.45, 2.75) is 13.3 Å². The molecular weight excluding hydrogens is 224 g/mol. The van der Waals surface area contributed by atoms with Crippen molar-refractivity contribution in [2.24, 2.45) is 0 Å². The van der Waals surface area contributed by atoms with Crippen molar-refractivity contribution in [1.29, 1.82) is 5.41 Å². The summed E-state index contributed by atoms with van der Waals surface area (Å²) in [6.45, 7) is 5.39. The number of carbonyl (C=O) groups is 1. The van der Waals surface area contributed by atoms with Crippen molar-refractivity contribution in [1.82, 2.24) is 0 Å². The van der Waals surface area contributed by atoms with E-state index in [9.17, 15) is 4.79 Å². The summed E-state index contributed by atoms with van der Waals surface area (Å²) in [5.41, 5.74) is 2.17. The van der Waals surface area contributed by atoms with E-state index in [0.29, 0.717) is 5.57 Å². The van der Waals surface area contributed by atoms with Gasteiger partial charge in [0.1, 0.15) is 0 Å². The molecule has 18 heavy (non-hydrogen) atoms. The van der Waals surface area contributed by atoms with Gasteiger partial charge in [-0.1, -0.05) is 24.3 Å². The molecule has 0 saturated heterocycles. The van der Waals surface area contributed by atoms with Gasteiger partial charge in [-0.25, -0.2) is 0 Å². The molecule has 0 fully saturated rings. The molecule has 94 valence electrons. The summed E-state index contributed by atoms with van der Waals surface area (Å²) < 4.78 is 0. The molecule has 3 nitrogen and oxygen atoms in total. The molecule has 0 heterocycles. The normalized spacial score (nSPS) is 11.4. The van der Waals surface area contributed by atoms with Crippen molar-refractivity contribution < 1.29 is 4.79 Å². The summed E-state index contributed by atoms with van der Waals surface area (Å²) in [5.74, 6) is -0.0831. The smallest absolute Gasteiger partial charge is 0.169 e. The first kappa shape index (κ1) is 13.9. The van der Waals surface area contributed by atoms with Gasteiger partial charge < -0.3 is 10.3 Å². The van der Waals surface area contributed by atoms with Gasteiger partial charge in [-0.2, -0.15) is 0 Å². The quantitative estimate of drug-likeness (QED) is 0.473. The number of para-hydroxylation sites is 1. The van der Waals surface area contributed by atoms with Crippen LogP contribution in [0.5, 0.6) is 0 Å². The molecule has 0 bridgehead atoms. The van der Waals surface area contributed by atoms with E-state index in [1.165, 1.54) is 0 Å². The molecule has 1 aromatic carbocycles. The minimum atomic E-state index is -0.0831. The lowest BCUT2D eigenvalue weighted by Gasteiger charge is -2.21. The number of nitrogens with zero attached hydrogens (tertiary/aromatic N) is 1. The zero-order valence-electron chi connectivity index (χ0n) is 10.8. The van der Waals surface area contributed by atoms with E-state index in [4.69, 9.17) is 5.41 Å². The van der Waals surface area contributed by atoms with Crippen LogP contribution in [0.1, 0.15) is 13.3 Å². The van der Waals surface area contributed by atoms with E-state index < -0.39 is 0 Å². The Labute approximate surface area is 108 Å². The second-order valence-electron chi connectivity index (χ2n) is 3.95. The number of Topliss-reactive ketones (excluding diaryl/α,β-unsaturated/α-hetero) is 1. The van der Waals surface area contributed by atoms with E-state index in [1.54, 1.807) is 6.08 Å². The standard InChI is InChI=1S/C15H18N2O/c1-4-8-15(18)14(11-16)12(2)17(3)13-9-6-5-7-10-13/h4-7,9-11,16H,1,8H2,2-3H3/b14-12+,16-11?. The van der Waals surface area contributed by atoms with E-state index in [1.807, 2.05) is 49.2 Å². The molecule has 0 aliphatic heterocycles. The highest BCUT2D eigenvalue weighted by Crippen LogP contribution is 2.19. The van der Waals surface area contributed by atoms with Crippen molar-refractivity contribution in [3.63, 3.8) is 0 Å². The van der Waals surface area contributed by atoms with Crippen molar-refractivity contribution >= 4 is 17.7 Å². The molecule has 0 spiro atoms. The van der Waals surface area contributed by atoms with Gasteiger partial charge in [-0.05, 0) is 19.1 Å². The number of allylic oxidation sites excluding steroid dienone is 3. The molecule has 1 N–H and O–H groups in total. The zero-order valence-corrected chi connectivity index (χ0v) is 10.8. The highest BCUT2D eigenvalue weighted by Gasteiger charge is 2.12. The van der Waals surface area contributed by atoms with Gasteiger partial charge >= 0.3 is 0 Å². The van der Waals surface area contributed by atoms with E-state index in [0.717, 1.165) is 17.6 Å². The molecule has 0 aromatic heterocycles. The molecular formula is C15H18N2O. The van der Waals surface area contributed by atoms with Gasteiger partial charge in [0, 0.05) is 31.1 Å². The van der Waals surface area contributed by atoms with Gasteiger partial charge in [0.15, 0.2) is 5.78 Å². The van der Waals surface area contributed by atoms with Crippen molar-refractivity contribution in [3.05, 3.63) is 54.3 Å². The predicted molar refractivity (Wildman–Crippen MR) is 76.1 cm³/mol. The number of nitrogens with one attached hydrogen (secondary N) is 1. The van der Waals surface area contributed by atoms with Crippen LogP contribution in [0.2, 0.25) is 0 Å². The van der Waals surface area contributed by atoms with Gasteiger partial charge in [0.25, 0.3) is 0 Å². The fourth-order valence-corrected chi connectivity index (χ4v) is 1.65. The Balaban J connectivity index is 3.08. The van der Waals surface area contributed by atoms with Crippen molar-refractivity contribution in [2.75, 3.05) is 11.9 Å². The summed E-state index contributed by atoms with van der Waals surface area (Å²) in [7, 11) is 1.88. The average Bonchev–Trinajstić information content (AvgIpc) is 2.40. The van der Waals surface area contributed by atoms with Crippen molar-refractivity contribution in [3.8, 4) is 0 Å². The average molecular weight is 242 g/mol. The summed E-state index contributed by atoms with van der Waals surface area (Å²) >= 11 is 0. The first-order valence-electron chi connectivity index (χ1n) is 5.76. The zero-order chi connectivity index (χ0) is 13.5. The van der Waals surface area contributed by atoms with Crippen LogP contribution >= 0.6 is 0 Å². The molecule has 0 radical (unpaired) electrons. The minimum Gasteiger partial charge on any atom is -0.348 e. The Morgan fingerprint density at radius 3 is 2.50 bits per heavy atom. The topological polar surface area (TPSA) is 44.2 Å². The third-order valence-electron chi connectivity index (χ3n) is 2.81. The third kappa shape index (κ3) is 3.17. The van der Waals surface area contributed by atoms with Gasteiger partial charge in [0.2, 0.25) is 0 Å². The van der Waals surface area contributed by atoms with Crippen LogP contribution in [0.15, 0.2) is 54.3 Å². The van der Waals surface area contributed by atoms with Crippen LogP contribution in [-0.4, -0.2) is 19.0 Å². The minimum absolute atomic E-state index is 0.0831. The van der Waals surface area contributed by atoms with E-state index in [-0.39, 0.29) is 12.2 Å². The molecule has 0 saturated carbocycles. The Morgan fingerprint density at radius 2 is 2.00 bits per heavy atom. The second-order valence-corrected chi connectivity index (χ2v) is 3.95. The van der Waals surface area contributed by atoms with Crippen LogP contribution < -0.4 is 4.90 Å². The van der Waals surface area contributed by atoms with Crippen LogP contribution in [0, 0.1) is 5.41 Å². The van der Waals surface area contributed by atoms with Crippen LogP contribution in [-0.2, 0) is 4.79 Å². The lowest BCUT2D eigenvalue weighted by molar-refractivity contribution is -0.114. The van der Waals surface area contributed by atoms with Crippen LogP contribution in [0.25, 0.3) is 0 Å². The Hall–Kier alpha value is -2.16. The maximum atomic E-state index is 11.8. The van der Waals surface area contributed by atoms with E-state index in [2.05, 4.69) is 6.58 Å². The molecule has 0 unspecified atom stereocenters. The second kappa shape index (κ2) is 6.55. The summed E-state index contributed by atoms with van der Waals surface area (Å²) in [6.07, 6.45) is 2.92. The van der Waals surface area contributed by atoms with E-state index >= 15 is 0 Å². The first-order chi connectivity index (χ1) is 8.61. The molecule has 0 aliphatic carbocycles. The molecule has 0 atom stereocenters. The summed E-state index contributed by atoms with van der Waals surface area (Å²) in [4.78, 5) is 13.7. The Morgan fingerprint density at radius 1 is 1.39 bits per heavy atom. The molecule has 0 aliphatic rings. The number of hydrogen-bond acceptors (Lipinski definition) is 3. The number of rotatable bonds is 6. The number of benzene rings is 1. The fourth-order valence-electron chi connectivity index (χ4n) is 1.65. The summed E-state index contributed by atoms with van der Waals surface area (Å²) in [5, 5.41) is 7.39. The largest absolute Gasteiger partial charge is 0.348 e. The fraction of sp³-hybridized carbons (Fsp3) is 0.200. The highest BCUT2D eigenvalue weighted by molar-refractivity contribution is 6.13. The SMILES string of the molecule is C=CCC(=O)/C(C=N)=C(\C)N(C)c1ccccc1. The lowest BCUT2D eigenvalue weighted by Crippen LogP contribution is -2.19. The molecule has 1 aromatic rings. The maximum absolute atomic E-state index is 11.8. The predicted octanol–water partition coefficient (Wildman–Crippen LogP) is 3.19. The van der Waals surface area contributed by atoms with Crippen LogP contribution in [0.3, 0.4) is 0 Å². The Bertz CT molecular complexity index is 475. The summed E-state index contributed by atoms with van der Waals surface area (Å²) in [6, 6.07) is 9.74. The maximum Gasteiger partial charge on any atom is 0.169 e. The Kier molecular flexibility index (Phi) is 5.06. The monoisotopic (exact) mass is 242 g/mol. The molecule has 0 amide bonds. The third-order valence-corrected chi connectivity index (χ3v) is 2.81. The number of carbonyl (C=O) groups excluding carboxylic acids is 1. The van der Waals surface area contributed by atoms with Gasteiger partial charge in [-0.3, -0.25) is 4.79 Å². The number of ketones is 1. The number of hydrogen-bond donors (Lipinski definition) is 1. The molecule has 1 rings (SSSR count). The van der Waals surface area contributed by atoms with Crippen LogP contribution in [0.4, 0.5) is 5.69 Å². The lowest BCUT2D eigenvalue weighted by atomic mass is 10.1. The van der Waals surface area contributed by atoms with Gasteiger partial charge in [-0.15, -0.1) is 6.58 Å². The first-order valence-corrected chi connectivity index (χ1v) is 5.76. The molecule has 3 heteroatoms. The highest BCUT2D eigenvalue weighted by atomic mass is 16.1. The number of anilines is 1. The van der Waals surface area contributed by atoms with Gasteiger partial charge in [0.05, 0.1) is 5.57 Å².